The van der Waals surface area contributed by atoms with Crippen molar-refractivity contribution in [3.63, 3.8) is 0 Å². The van der Waals surface area contributed by atoms with E-state index in [1.54, 1.807) is 6.07 Å². The summed E-state index contributed by atoms with van der Waals surface area (Å²) in [6, 6.07) is 7.27. The zero-order valence-corrected chi connectivity index (χ0v) is 11.5. The molecule has 0 spiro atoms. The second-order valence-corrected chi connectivity index (χ2v) is 4.59. The molecule has 0 atom stereocenters. The smallest absolute Gasteiger partial charge is 0.196 e. The van der Waals surface area contributed by atoms with Gasteiger partial charge in [0, 0.05) is 20.0 Å². The number of ketones is 1. The molecule has 1 aliphatic rings. The average Bonchev–Trinajstić information content (AvgIpc) is 2.42. The second kappa shape index (κ2) is 6.54. The van der Waals surface area contributed by atoms with Gasteiger partial charge in [-0.1, -0.05) is 23.7 Å². The van der Waals surface area contributed by atoms with Gasteiger partial charge in [0.2, 0.25) is 0 Å². The van der Waals surface area contributed by atoms with E-state index in [0.717, 1.165) is 0 Å². The van der Waals surface area contributed by atoms with Crippen LogP contribution in [-0.2, 0) is 9.53 Å². The highest BCUT2D eigenvalue weighted by atomic mass is 35.5. The molecule has 1 aliphatic heterocycles. The molecule has 1 fully saturated rings. The predicted molar refractivity (Wildman–Crippen MR) is 75.6 cm³/mol. The summed E-state index contributed by atoms with van der Waals surface area (Å²) in [4.78, 5) is 13.6. The minimum atomic E-state index is -0.0820. The lowest BCUT2D eigenvalue weighted by Gasteiger charge is -2.28. The number of amidine groups is 1. The van der Waals surface area contributed by atoms with Crippen molar-refractivity contribution in [1.82, 2.24) is 4.90 Å². The number of morpholine rings is 1. The van der Waals surface area contributed by atoms with Crippen LogP contribution in [0.25, 0.3) is 0 Å². The summed E-state index contributed by atoms with van der Waals surface area (Å²) in [5, 5.41) is 4.75. The molecular formula is C13H16ClN3O2. The van der Waals surface area contributed by atoms with Gasteiger partial charge in [-0.3, -0.25) is 10.2 Å². The standard InChI is InChI=1S/C13H16ClN3O2/c1-10(18)13(17-6-8-19-9-7-17)16-15-12-5-3-2-4-11(12)14/h2-5,15H,6-9H2,1H3/b16-13-. The minimum Gasteiger partial charge on any atom is -0.378 e. The third-order valence-corrected chi connectivity index (χ3v) is 3.11. The maximum Gasteiger partial charge on any atom is 0.196 e. The van der Waals surface area contributed by atoms with Gasteiger partial charge >= 0.3 is 0 Å². The largest absolute Gasteiger partial charge is 0.378 e. The molecule has 0 saturated carbocycles. The number of carbonyl (C=O) groups excluding carboxylic acids is 1. The number of nitrogens with zero attached hydrogens (tertiary/aromatic N) is 2. The lowest BCUT2D eigenvalue weighted by atomic mass is 10.3. The van der Waals surface area contributed by atoms with Gasteiger partial charge in [-0.2, -0.15) is 5.10 Å². The number of carbonyl (C=O) groups is 1. The molecule has 0 amide bonds. The molecule has 0 unspecified atom stereocenters. The molecule has 5 nitrogen and oxygen atoms in total. The van der Waals surface area contributed by atoms with E-state index >= 15 is 0 Å². The van der Waals surface area contributed by atoms with Crippen LogP contribution in [0.15, 0.2) is 29.4 Å². The summed E-state index contributed by atoms with van der Waals surface area (Å²) < 4.78 is 5.26. The average molecular weight is 282 g/mol. The molecule has 1 aromatic carbocycles. The van der Waals surface area contributed by atoms with Gasteiger partial charge < -0.3 is 9.64 Å². The molecule has 1 aromatic rings. The highest BCUT2D eigenvalue weighted by Gasteiger charge is 2.18. The number of para-hydroxylation sites is 1. The normalized spacial score (nSPS) is 16.3. The van der Waals surface area contributed by atoms with Crippen LogP contribution < -0.4 is 5.43 Å². The van der Waals surface area contributed by atoms with E-state index in [1.807, 2.05) is 23.1 Å². The number of Topliss-reactive ketones (excluding diaryl/α,β-unsaturated/α-hetero) is 1. The monoisotopic (exact) mass is 281 g/mol. The maximum absolute atomic E-state index is 11.7. The van der Waals surface area contributed by atoms with E-state index < -0.39 is 0 Å². The zero-order valence-electron chi connectivity index (χ0n) is 10.7. The molecule has 6 heteroatoms. The molecular weight excluding hydrogens is 266 g/mol. The van der Waals surface area contributed by atoms with Crippen molar-refractivity contribution in [2.45, 2.75) is 6.92 Å². The molecule has 1 N–H and O–H groups in total. The van der Waals surface area contributed by atoms with Crippen LogP contribution in [0.1, 0.15) is 6.92 Å². The maximum atomic E-state index is 11.7. The highest BCUT2D eigenvalue weighted by Crippen LogP contribution is 2.20. The van der Waals surface area contributed by atoms with Gasteiger partial charge in [-0.25, -0.2) is 0 Å². The van der Waals surface area contributed by atoms with Crippen LogP contribution in [0.3, 0.4) is 0 Å². The van der Waals surface area contributed by atoms with Crippen molar-refractivity contribution in [3.8, 4) is 0 Å². The number of benzene rings is 1. The van der Waals surface area contributed by atoms with E-state index in [0.29, 0.717) is 42.8 Å². The second-order valence-electron chi connectivity index (χ2n) is 4.18. The number of hydrogen-bond acceptors (Lipinski definition) is 4. The molecule has 0 aromatic heterocycles. The number of nitrogens with one attached hydrogen (secondary N) is 1. The summed E-state index contributed by atoms with van der Waals surface area (Å²) in [7, 11) is 0. The first-order chi connectivity index (χ1) is 9.18. The number of hydrazone groups is 1. The summed E-state index contributed by atoms with van der Waals surface area (Å²) in [5.41, 5.74) is 3.52. The summed E-state index contributed by atoms with van der Waals surface area (Å²) in [5.74, 6) is 0.324. The van der Waals surface area contributed by atoms with Crippen molar-refractivity contribution in [2.24, 2.45) is 5.10 Å². The van der Waals surface area contributed by atoms with Crippen molar-refractivity contribution in [1.29, 1.82) is 0 Å². The van der Waals surface area contributed by atoms with E-state index in [9.17, 15) is 4.79 Å². The molecule has 1 heterocycles. The Labute approximate surface area is 117 Å². The van der Waals surface area contributed by atoms with Crippen LogP contribution in [0, 0.1) is 0 Å². The van der Waals surface area contributed by atoms with Gasteiger partial charge in [0.1, 0.15) is 0 Å². The first kappa shape index (κ1) is 13.8. The van der Waals surface area contributed by atoms with Crippen LogP contribution in [0.2, 0.25) is 5.02 Å². The molecule has 2 rings (SSSR count). The molecule has 0 aliphatic carbocycles. The third-order valence-electron chi connectivity index (χ3n) is 2.78. The first-order valence-corrected chi connectivity index (χ1v) is 6.48. The lowest BCUT2D eigenvalue weighted by Crippen LogP contribution is -2.44. The van der Waals surface area contributed by atoms with Crippen molar-refractivity contribution < 1.29 is 9.53 Å². The van der Waals surface area contributed by atoms with Gasteiger partial charge in [0.15, 0.2) is 11.6 Å². The Bertz CT molecular complexity index is 485. The van der Waals surface area contributed by atoms with Gasteiger partial charge in [0.05, 0.1) is 23.9 Å². The van der Waals surface area contributed by atoms with Crippen LogP contribution in [0.4, 0.5) is 5.69 Å². The van der Waals surface area contributed by atoms with Gasteiger partial charge in [-0.15, -0.1) is 0 Å². The number of ether oxygens (including phenoxy) is 1. The molecule has 19 heavy (non-hydrogen) atoms. The highest BCUT2D eigenvalue weighted by molar-refractivity contribution is 6.38. The summed E-state index contributed by atoms with van der Waals surface area (Å²) in [6.07, 6.45) is 0. The molecule has 1 saturated heterocycles. The molecule has 0 radical (unpaired) electrons. The van der Waals surface area contributed by atoms with E-state index in [-0.39, 0.29) is 5.78 Å². The fourth-order valence-electron chi connectivity index (χ4n) is 1.81. The van der Waals surface area contributed by atoms with E-state index in [4.69, 9.17) is 16.3 Å². The topological polar surface area (TPSA) is 53.9 Å². The Morgan fingerprint density at radius 1 is 1.37 bits per heavy atom. The number of anilines is 1. The van der Waals surface area contributed by atoms with Crippen LogP contribution in [-0.4, -0.2) is 42.8 Å². The van der Waals surface area contributed by atoms with Gasteiger partial charge in [-0.05, 0) is 12.1 Å². The Morgan fingerprint density at radius 3 is 2.68 bits per heavy atom. The predicted octanol–water partition coefficient (Wildman–Crippen LogP) is 1.99. The minimum absolute atomic E-state index is 0.0820. The fourth-order valence-corrected chi connectivity index (χ4v) is 1.99. The van der Waals surface area contributed by atoms with Crippen molar-refractivity contribution >= 4 is 28.9 Å². The SMILES string of the molecule is CC(=O)/C(=N/Nc1ccccc1Cl)N1CCOCC1. The number of hydrogen-bond donors (Lipinski definition) is 1. The number of rotatable bonds is 3. The Balaban J connectivity index is 2.12. The Morgan fingerprint density at radius 2 is 2.05 bits per heavy atom. The van der Waals surface area contributed by atoms with Gasteiger partial charge in [0.25, 0.3) is 0 Å². The Hall–Kier alpha value is -1.59. The summed E-state index contributed by atoms with van der Waals surface area (Å²) in [6.45, 7) is 4.06. The number of halogens is 1. The first-order valence-electron chi connectivity index (χ1n) is 6.10. The van der Waals surface area contributed by atoms with Crippen LogP contribution >= 0.6 is 11.6 Å². The molecule has 102 valence electrons. The summed E-state index contributed by atoms with van der Waals surface area (Å²) >= 11 is 6.02. The van der Waals surface area contributed by atoms with Crippen molar-refractivity contribution in [3.05, 3.63) is 29.3 Å². The fraction of sp³-hybridized carbons (Fsp3) is 0.385. The van der Waals surface area contributed by atoms with E-state index in [2.05, 4.69) is 10.5 Å². The third kappa shape index (κ3) is 3.68. The van der Waals surface area contributed by atoms with Crippen LogP contribution in [0.5, 0.6) is 0 Å². The lowest BCUT2D eigenvalue weighted by molar-refractivity contribution is -0.112. The van der Waals surface area contributed by atoms with E-state index in [1.165, 1.54) is 6.92 Å². The Kier molecular flexibility index (Phi) is 4.76. The quantitative estimate of drug-likeness (QED) is 0.523. The zero-order chi connectivity index (χ0) is 13.7. The molecule has 0 bridgehead atoms. The van der Waals surface area contributed by atoms with Crippen molar-refractivity contribution in [2.75, 3.05) is 31.7 Å².